The quantitative estimate of drug-likeness (QED) is 0.713. The third-order valence-corrected chi connectivity index (χ3v) is 3.46. The van der Waals surface area contributed by atoms with Gasteiger partial charge in [0.05, 0.1) is 0 Å². The Morgan fingerprint density at radius 2 is 1.47 bits per heavy atom. The lowest BCUT2D eigenvalue weighted by molar-refractivity contribution is -0.132. The van der Waals surface area contributed by atoms with E-state index in [-0.39, 0.29) is 5.57 Å². The van der Waals surface area contributed by atoms with E-state index in [1.807, 2.05) is 0 Å². The highest BCUT2D eigenvalue weighted by Gasteiger charge is 2.13. The van der Waals surface area contributed by atoms with Crippen LogP contribution in [0.5, 0.6) is 0 Å². The van der Waals surface area contributed by atoms with Gasteiger partial charge in [0.2, 0.25) is 0 Å². The molecular weight excluding hydrogens is 212 g/mol. The van der Waals surface area contributed by atoms with E-state index in [0.717, 1.165) is 11.8 Å². The lowest BCUT2D eigenvalue weighted by Crippen LogP contribution is -2.10. The molecule has 0 aromatic rings. The molecule has 1 saturated carbocycles. The van der Waals surface area contributed by atoms with E-state index in [1.165, 1.54) is 51.9 Å². The standard InChI is InChI=1S/C11H22.C4H6O2/c1-10(2)11-8-6-4-3-5-7-9-11;1-3(2)4(5)6/h10-11H,3-9H2,1-2H3;1H2,2H3,(H,5,6). The minimum atomic E-state index is -0.935. The molecule has 0 heterocycles. The second-order valence-corrected chi connectivity index (χ2v) is 5.43. The van der Waals surface area contributed by atoms with Crippen molar-refractivity contribution in [2.45, 2.75) is 65.7 Å². The topological polar surface area (TPSA) is 37.3 Å². The van der Waals surface area contributed by atoms with Crippen molar-refractivity contribution in [1.29, 1.82) is 0 Å². The summed E-state index contributed by atoms with van der Waals surface area (Å²) < 4.78 is 0. The maximum absolute atomic E-state index is 9.60. The van der Waals surface area contributed by atoms with Gasteiger partial charge >= 0.3 is 5.97 Å². The lowest BCUT2D eigenvalue weighted by atomic mass is 9.84. The van der Waals surface area contributed by atoms with Gasteiger partial charge in [0.1, 0.15) is 0 Å². The number of hydrogen-bond donors (Lipinski definition) is 1. The zero-order valence-electron chi connectivity index (χ0n) is 11.7. The van der Waals surface area contributed by atoms with E-state index < -0.39 is 5.97 Å². The fraction of sp³-hybridized carbons (Fsp3) is 0.800. The van der Waals surface area contributed by atoms with Gasteiger partial charge in [-0.3, -0.25) is 0 Å². The summed E-state index contributed by atoms with van der Waals surface area (Å²) in [4.78, 5) is 9.60. The average Bonchev–Trinajstić information content (AvgIpc) is 2.16. The first-order valence-electron chi connectivity index (χ1n) is 6.84. The largest absolute Gasteiger partial charge is 0.478 e. The Morgan fingerprint density at radius 1 is 1.12 bits per heavy atom. The summed E-state index contributed by atoms with van der Waals surface area (Å²) in [5, 5.41) is 7.89. The summed E-state index contributed by atoms with van der Waals surface area (Å²) >= 11 is 0. The minimum Gasteiger partial charge on any atom is -0.478 e. The summed E-state index contributed by atoms with van der Waals surface area (Å²) in [7, 11) is 0. The van der Waals surface area contributed by atoms with E-state index in [0.29, 0.717) is 0 Å². The van der Waals surface area contributed by atoms with Crippen LogP contribution in [0.3, 0.4) is 0 Å². The zero-order valence-corrected chi connectivity index (χ0v) is 11.7. The number of rotatable bonds is 2. The van der Waals surface area contributed by atoms with Gasteiger partial charge < -0.3 is 5.11 Å². The van der Waals surface area contributed by atoms with Crippen LogP contribution in [0.15, 0.2) is 12.2 Å². The number of carbonyl (C=O) groups is 1. The molecule has 100 valence electrons. The molecule has 0 aromatic heterocycles. The lowest BCUT2D eigenvalue weighted by Gasteiger charge is -2.22. The first kappa shape index (κ1) is 16.2. The first-order chi connectivity index (χ1) is 7.95. The van der Waals surface area contributed by atoms with Crippen LogP contribution >= 0.6 is 0 Å². The molecule has 0 amide bonds. The van der Waals surface area contributed by atoms with Crippen molar-refractivity contribution >= 4 is 5.97 Å². The highest BCUT2D eigenvalue weighted by atomic mass is 16.4. The van der Waals surface area contributed by atoms with Crippen LogP contribution in [0.25, 0.3) is 0 Å². The van der Waals surface area contributed by atoms with Gasteiger partial charge in [0.25, 0.3) is 0 Å². The Morgan fingerprint density at radius 3 is 1.76 bits per heavy atom. The smallest absolute Gasteiger partial charge is 0.330 e. The van der Waals surface area contributed by atoms with Crippen molar-refractivity contribution in [2.75, 3.05) is 0 Å². The Labute approximate surface area is 106 Å². The second-order valence-electron chi connectivity index (χ2n) is 5.43. The van der Waals surface area contributed by atoms with E-state index in [2.05, 4.69) is 20.4 Å². The summed E-state index contributed by atoms with van der Waals surface area (Å²) in [5.74, 6) is 1.03. The van der Waals surface area contributed by atoms with Gasteiger partial charge in [-0.1, -0.05) is 65.4 Å². The molecule has 0 aliphatic heterocycles. The predicted octanol–water partition coefficient (Wildman–Crippen LogP) is 4.65. The normalized spacial score (nSPS) is 17.6. The zero-order chi connectivity index (χ0) is 13.3. The summed E-state index contributed by atoms with van der Waals surface area (Å²) in [6.45, 7) is 9.36. The summed E-state index contributed by atoms with van der Waals surface area (Å²) in [6.07, 6.45) is 10.4. The molecule has 1 fully saturated rings. The van der Waals surface area contributed by atoms with Gasteiger partial charge in [-0.25, -0.2) is 4.79 Å². The van der Waals surface area contributed by atoms with Crippen molar-refractivity contribution in [3.05, 3.63) is 12.2 Å². The van der Waals surface area contributed by atoms with Gasteiger partial charge in [0, 0.05) is 5.57 Å². The molecule has 0 radical (unpaired) electrons. The monoisotopic (exact) mass is 240 g/mol. The van der Waals surface area contributed by atoms with Crippen LogP contribution < -0.4 is 0 Å². The van der Waals surface area contributed by atoms with Crippen LogP contribution in [0.2, 0.25) is 0 Å². The maximum Gasteiger partial charge on any atom is 0.330 e. The Kier molecular flexibility index (Phi) is 8.83. The third-order valence-electron chi connectivity index (χ3n) is 3.46. The van der Waals surface area contributed by atoms with E-state index >= 15 is 0 Å². The van der Waals surface area contributed by atoms with Crippen LogP contribution in [0, 0.1) is 11.8 Å². The molecule has 1 N–H and O–H groups in total. The van der Waals surface area contributed by atoms with Crippen molar-refractivity contribution in [2.24, 2.45) is 11.8 Å². The third kappa shape index (κ3) is 8.96. The van der Waals surface area contributed by atoms with E-state index in [4.69, 9.17) is 5.11 Å². The Bertz CT molecular complexity index is 211. The fourth-order valence-electron chi connectivity index (χ4n) is 2.15. The number of carboxylic acids is 1. The van der Waals surface area contributed by atoms with E-state index in [9.17, 15) is 4.79 Å². The number of carboxylic acid groups (broad SMARTS) is 1. The molecule has 1 aliphatic rings. The van der Waals surface area contributed by atoms with Crippen LogP contribution in [-0.4, -0.2) is 11.1 Å². The molecule has 17 heavy (non-hydrogen) atoms. The average molecular weight is 240 g/mol. The SMILES string of the molecule is C=C(C)C(=O)O.CC(C)C1CCCCCCC1. The fourth-order valence-corrected chi connectivity index (χ4v) is 2.15. The second kappa shape index (κ2) is 9.26. The molecule has 0 aromatic carbocycles. The molecule has 2 heteroatoms. The molecular formula is C15H28O2. The van der Waals surface area contributed by atoms with Crippen LogP contribution in [0.1, 0.15) is 65.7 Å². The van der Waals surface area contributed by atoms with Gasteiger partial charge in [-0.05, 0) is 18.8 Å². The maximum atomic E-state index is 9.60. The minimum absolute atomic E-state index is 0.176. The number of hydrogen-bond acceptors (Lipinski definition) is 1. The molecule has 0 bridgehead atoms. The van der Waals surface area contributed by atoms with Crippen LogP contribution in [0.4, 0.5) is 0 Å². The molecule has 1 aliphatic carbocycles. The van der Waals surface area contributed by atoms with Crippen molar-refractivity contribution < 1.29 is 9.90 Å². The molecule has 0 atom stereocenters. The highest BCUT2D eigenvalue weighted by molar-refractivity contribution is 5.84. The molecule has 0 unspecified atom stereocenters. The van der Waals surface area contributed by atoms with Crippen LogP contribution in [-0.2, 0) is 4.79 Å². The molecule has 0 spiro atoms. The van der Waals surface area contributed by atoms with Crippen molar-refractivity contribution in [3.8, 4) is 0 Å². The molecule has 0 saturated heterocycles. The highest BCUT2D eigenvalue weighted by Crippen LogP contribution is 2.27. The number of aliphatic carboxylic acids is 1. The van der Waals surface area contributed by atoms with E-state index in [1.54, 1.807) is 0 Å². The van der Waals surface area contributed by atoms with Gasteiger partial charge in [-0.15, -0.1) is 0 Å². The van der Waals surface area contributed by atoms with Crippen molar-refractivity contribution in [1.82, 2.24) is 0 Å². The summed E-state index contributed by atoms with van der Waals surface area (Å²) in [5.41, 5.74) is 0.176. The Balaban J connectivity index is 0.000000366. The van der Waals surface area contributed by atoms with Crippen molar-refractivity contribution in [3.63, 3.8) is 0 Å². The van der Waals surface area contributed by atoms with Gasteiger partial charge in [0.15, 0.2) is 0 Å². The first-order valence-corrected chi connectivity index (χ1v) is 6.84. The Hall–Kier alpha value is -0.790. The predicted molar refractivity (Wildman–Crippen MR) is 73.1 cm³/mol. The van der Waals surface area contributed by atoms with Gasteiger partial charge in [-0.2, -0.15) is 0 Å². The molecule has 2 nitrogen and oxygen atoms in total. The summed E-state index contributed by atoms with van der Waals surface area (Å²) in [6, 6.07) is 0. The molecule has 1 rings (SSSR count).